The van der Waals surface area contributed by atoms with Crippen molar-refractivity contribution >= 4 is 11.3 Å². The van der Waals surface area contributed by atoms with Crippen LogP contribution in [0.15, 0.2) is 17.5 Å². The molecule has 1 aliphatic rings. The van der Waals surface area contributed by atoms with Crippen molar-refractivity contribution in [2.45, 2.75) is 25.4 Å². The van der Waals surface area contributed by atoms with Gasteiger partial charge in [-0.3, -0.25) is 4.90 Å². The van der Waals surface area contributed by atoms with Crippen LogP contribution in [0.3, 0.4) is 0 Å². The van der Waals surface area contributed by atoms with E-state index in [4.69, 9.17) is 5.73 Å². The molecule has 2 rings (SSSR count). The normalized spacial score (nSPS) is 18.8. The van der Waals surface area contributed by atoms with Crippen LogP contribution in [0.1, 0.15) is 17.7 Å². The highest BCUT2D eigenvalue weighted by Crippen LogP contribution is 2.35. The third-order valence-electron chi connectivity index (χ3n) is 2.96. The summed E-state index contributed by atoms with van der Waals surface area (Å²) in [4.78, 5) is 3.84. The molecule has 1 fully saturated rings. The van der Waals surface area contributed by atoms with E-state index >= 15 is 0 Å². The van der Waals surface area contributed by atoms with Crippen LogP contribution in [0.2, 0.25) is 0 Å². The zero-order valence-corrected chi connectivity index (χ0v) is 9.46. The van der Waals surface area contributed by atoms with Gasteiger partial charge in [-0.05, 0) is 37.3 Å². The Kier molecular flexibility index (Phi) is 3.21. The van der Waals surface area contributed by atoms with Gasteiger partial charge in [0.15, 0.2) is 0 Å². The third-order valence-corrected chi connectivity index (χ3v) is 3.82. The van der Waals surface area contributed by atoms with E-state index in [0.29, 0.717) is 6.04 Å². The van der Waals surface area contributed by atoms with Gasteiger partial charge in [0.1, 0.15) is 0 Å². The van der Waals surface area contributed by atoms with Crippen LogP contribution in [-0.2, 0) is 6.54 Å². The summed E-state index contributed by atoms with van der Waals surface area (Å²) in [5.74, 6) is 0.866. The minimum atomic E-state index is 0.595. The van der Waals surface area contributed by atoms with E-state index in [-0.39, 0.29) is 0 Å². The molecule has 0 amide bonds. The van der Waals surface area contributed by atoms with Crippen molar-refractivity contribution in [1.82, 2.24) is 4.90 Å². The predicted molar refractivity (Wildman–Crippen MR) is 61.4 cm³/mol. The fourth-order valence-corrected chi connectivity index (χ4v) is 2.75. The van der Waals surface area contributed by atoms with Crippen molar-refractivity contribution in [2.75, 3.05) is 13.6 Å². The first-order valence-electron chi connectivity index (χ1n) is 5.24. The number of nitrogens with two attached hydrogens (primary N) is 1. The first-order valence-corrected chi connectivity index (χ1v) is 6.12. The van der Waals surface area contributed by atoms with Gasteiger partial charge in [0.25, 0.3) is 0 Å². The molecule has 3 heteroatoms. The van der Waals surface area contributed by atoms with Crippen molar-refractivity contribution in [3.63, 3.8) is 0 Å². The van der Waals surface area contributed by atoms with E-state index < -0.39 is 0 Å². The molecule has 1 heterocycles. The molecule has 1 aliphatic carbocycles. The maximum Gasteiger partial charge on any atom is 0.0328 e. The van der Waals surface area contributed by atoms with Gasteiger partial charge in [-0.1, -0.05) is 6.07 Å². The summed E-state index contributed by atoms with van der Waals surface area (Å²) < 4.78 is 0. The molecule has 1 aromatic rings. The lowest BCUT2D eigenvalue weighted by atomic mass is 10.1. The monoisotopic (exact) mass is 210 g/mol. The van der Waals surface area contributed by atoms with Crippen LogP contribution in [0.25, 0.3) is 0 Å². The lowest BCUT2D eigenvalue weighted by Gasteiger charge is -2.26. The lowest BCUT2D eigenvalue weighted by molar-refractivity contribution is 0.217. The van der Waals surface area contributed by atoms with Gasteiger partial charge >= 0.3 is 0 Å². The molecule has 2 N–H and O–H groups in total. The van der Waals surface area contributed by atoms with Crippen LogP contribution in [0, 0.1) is 5.92 Å². The Morgan fingerprint density at radius 1 is 1.64 bits per heavy atom. The van der Waals surface area contributed by atoms with Gasteiger partial charge in [0.05, 0.1) is 0 Å². The maximum atomic E-state index is 5.81. The number of thiophene rings is 1. The molecule has 0 aromatic carbocycles. The fourth-order valence-electron chi connectivity index (χ4n) is 1.98. The number of likely N-dealkylation sites (N-methyl/N-ethyl adjacent to an activating group) is 1. The predicted octanol–water partition coefficient (Wildman–Crippen LogP) is 1.92. The SMILES string of the molecule is CN(Cc1cccs1)C(CN)C1CC1. The Morgan fingerprint density at radius 3 is 2.93 bits per heavy atom. The van der Waals surface area contributed by atoms with Gasteiger partial charge in [0.2, 0.25) is 0 Å². The first kappa shape index (κ1) is 10.1. The Labute approximate surface area is 89.7 Å². The second-order valence-electron chi connectivity index (χ2n) is 4.13. The molecule has 0 bridgehead atoms. The Morgan fingerprint density at radius 2 is 2.43 bits per heavy atom. The quantitative estimate of drug-likeness (QED) is 0.804. The second kappa shape index (κ2) is 4.43. The summed E-state index contributed by atoms with van der Waals surface area (Å²) in [6.07, 6.45) is 2.74. The van der Waals surface area contributed by atoms with E-state index in [1.807, 2.05) is 11.3 Å². The van der Waals surface area contributed by atoms with E-state index in [2.05, 4.69) is 29.5 Å². The largest absolute Gasteiger partial charge is 0.329 e. The van der Waals surface area contributed by atoms with Crippen LogP contribution < -0.4 is 5.73 Å². The minimum Gasteiger partial charge on any atom is -0.329 e. The Hall–Kier alpha value is -0.380. The molecule has 1 unspecified atom stereocenters. The van der Waals surface area contributed by atoms with Crippen LogP contribution >= 0.6 is 11.3 Å². The summed E-state index contributed by atoms with van der Waals surface area (Å²) >= 11 is 1.83. The van der Waals surface area contributed by atoms with Crippen molar-refractivity contribution in [1.29, 1.82) is 0 Å². The Balaban J connectivity index is 1.90. The number of rotatable bonds is 5. The molecule has 1 aromatic heterocycles. The summed E-state index contributed by atoms with van der Waals surface area (Å²) in [7, 11) is 2.19. The average molecular weight is 210 g/mol. The molecule has 0 aliphatic heterocycles. The summed E-state index contributed by atoms with van der Waals surface area (Å²) in [5.41, 5.74) is 5.81. The molecule has 14 heavy (non-hydrogen) atoms. The second-order valence-corrected chi connectivity index (χ2v) is 5.17. The highest BCUT2D eigenvalue weighted by Gasteiger charge is 2.32. The summed E-state index contributed by atoms with van der Waals surface area (Å²) in [6.45, 7) is 1.85. The van der Waals surface area contributed by atoms with E-state index in [9.17, 15) is 0 Å². The smallest absolute Gasteiger partial charge is 0.0328 e. The highest BCUT2D eigenvalue weighted by molar-refractivity contribution is 7.09. The standard InChI is InChI=1S/C11H18N2S/c1-13(8-10-3-2-6-14-10)11(7-12)9-4-5-9/h2-3,6,9,11H,4-5,7-8,12H2,1H3. The van der Waals surface area contributed by atoms with Gasteiger partial charge in [0, 0.05) is 24.0 Å². The molecular weight excluding hydrogens is 192 g/mol. The van der Waals surface area contributed by atoms with Crippen molar-refractivity contribution in [3.05, 3.63) is 22.4 Å². The molecule has 2 nitrogen and oxygen atoms in total. The van der Waals surface area contributed by atoms with E-state index in [0.717, 1.165) is 19.0 Å². The first-order chi connectivity index (χ1) is 6.81. The molecule has 0 radical (unpaired) electrons. The molecule has 0 saturated heterocycles. The zero-order valence-electron chi connectivity index (χ0n) is 8.65. The minimum absolute atomic E-state index is 0.595. The summed E-state index contributed by atoms with van der Waals surface area (Å²) in [6, 6.07) is 4.90. The van der Waals surface area contributed by atoms with E-state index in [1.54, 1.807) is 0 Å². The molecule has 0 spiro atoms. The van der Waals surface area contributed by atoms with Crippen molar-refractivity contribution in [2.24, 2.45) is 11.7 Å². The lowest BCUT2D eigenvalue weighted by Crippen LogP contribution is -2.38. The van der Waals surface area contributed by atoms with Crippen LogP contribution in [0.5, 0.6) is 0 Å². The number of hydrogen-bond donors (Lipinski definition) is 1. The van der Waals surface area contributed by atoms with Gasteiger partial charge in [-0.2, -0.15) is 0 Å². The number of hydrogen-bond acceptors (Lipinski definition) is 3. The Bertz CT molecular complexity index is 267. The van der Waals surface area contributed by atoms with Crippen molar-refractivity contribution in [3.8, 4) is 0 Å². The van der Waals surface area contributed by atoms with Gasteiger partial charge in [-0.15, -0.1) is 11.3 Å². The molecule has 1 saturated carbocycles. The molecule has 78 valence electrons. The average Bonchev–Trinajstić information content (AvgIpc) is 2.86. The fraction of sp³-hybridized carbons (Fsp3) is 0.636. The maximum absolute atomic E-state index is 5.81. The van der Waals surface area contributed by atoms with Gasteiger partial charge < -0.3 is 5.73 Å². The highest BCUT2D eigenvalue weighted by atomic mass is 32.1. The van der Waals surface area contributed by atoms with Crippen LogP contribution in [-0.4, -0.2) is 24.5 Å². The zero-order chi connectivity index (χ0) is 9.97. The van der Waals surface area contributed by atoms with Crippen molar-refractivity contribution < 1.29 is 0 Å². The van der Waals surface area contributed by atoms with Crippen LogP contribution in [0.4, 0.5) is 0 Å². The van der Waals surface area contributed by atoms with Gasteiger partial charge in [-0.25, -0.2) is 0 Å². The topological polar surface area (TPSA) is 29.3 Å². The van der Waals surface area contributed by atoms with E-state index in [1.165, 1.54) is 17.7 Å². The molecular formula is C11H18N2S. The number of nitrogens with zero attached hydrogens (tertiary/aromatic N) is 1. The summed E-state index contributed by atoms with van der Waals surface area (Å²) in [5, 5.41) is 2.14. The third kappa shape index (κ3) is 2.35. The molecule has 1 atom stereocenters.